The second-order valence-electron chi connectivity index (χ2n) is 19.0. The zero-order chi connectivity index (χ0) is 48.1. The summed E-state index contributed by atoms with van der Waals surface area (Å²) in [7, 11) is 0. The van der Waals surface area contributed by atoms with Gasteiger partial charge in [-0.3, -0.25) is 4.57 Å². The SMILES string of the molecule is N#Cc1ccc(-n2c(-c3ccc4ccccc4c3)nc3c4ccc(-c5ccc6c(c5)c5ccccc5n6-c5ccccc5)cc4c4cc(-c5ccc6c(c5)c5ccccc5n6-c5ccccc5)ccc4c32)cc1. The van der Waals surface area contributed by atoms with Gasteiger partial charge in [0.05, 0.1) is 44.7 Å². The molecule has 338 valence electrons. The van der Waals surface area contributed by atoms with Crippen LogP contribution in [0.25, 0.3) is 138 Å². The fourth-order valence-electron chi connectivity index (χ4n) is 11.6. The maximum atomic E-state index is 9.89. The molecule has 15 rings (SSSR count). The Hall–Kier alpha value is -10.0. The van der Waals surface area contributed by atoms with Crippen molar-refractivity contribution in [2.45, 2.75) is 0 Å². The van der Waals surface area contributed by atoms with Gasteiger partial charge in [-0.25, -0.2) is 4.98 Å². The summed E-state index contributed by atoms with van der Waals surface area (Å²) in [5.74, 6) is 0.841. The molecular weight excluding hydrogens is 887 g/mol. The Kier molecular flexibility index (Phi) is 8.95. The van der Waals surface area contributed by atoms with Gasteiger partial charge in [0.25, 0.3) is 0 Å². The number of nitrogens with zero attached hydrogens (tertiary/aromatic N) is 5. The molecule has 5 nitrogen and oxygen atoms in total. The highest BCUT2D eigenvalue weighted by atomic mass is 15.1. The molecule has 0 atom stereocenters. The number of fused-ring (bicyclic) bond motifs is 13. The van der Waals surface area contributed by atoms with E-state index in [1.54, 1.807) is 0 Å². The Balaban J connectivity index is 1.00. The van der Waals surface area contributed by atoms with Crippen molar-refractivity contribution in [1.82, 2.24) is 18.7 Å². The third-order valence-corrected chi connectivity index (χ3v) is 15.0. The molecule has 0 amide bonds. The molecule has 0 saturated heterocycles. The van der Waals surface area contributed by atoms with Crippen LogP contribution in [-0.2, 0) is 0 Å². The molecule has 0 unspecified atom stereocenters. The molecule has 0 radical (unpaired) electrons. The molecular formula is C68H41N5. The molecule has 0 aliphatic rings. The summed E-state index contributed by atoms with van der Waals surface area (Å²) in [4.78, 5) is 5.66. The van der Waals surface area contributed by atoms with Gasteiger partial charge in [0.2, 0.25) is 0 Å². The number of imidazole rings is 1. The third kappa shape index (κ3) is 6.31. The molecule has 73 heavy (non-hydrogen) atoms. The lowest BCUT2D eigenvalue weighted by Crippen LogP contribution is -1.98. The van der Waals surface area contributed by atoms with Crippen LogP contribution in [0.5, 0.6) is 0 Å². The van der Waals surface area contributed by atoms with E-state index in [-0.39, 0.29) is 0 Å². The summed E-state index contributed by atoms with van der Waals surface area (Å²) >= 11 is 0. The number of aromatic nitrogens is 4. The first-order chi connectivity index (χ1) is 36.1. The van der Waals surface area contributed by atoms with Crippen LogP contribution < -0.4 is 0 Å². The van der Waals surface area contributed by atoms with E-state index in [4.69, 9.17) is 4.98 Å². The number of hydrogen-bond donors (Lipinski definition) is 0. The Morgan fingerprint density at radius 1 is 0.301 bits per heavy atom. The lowest BCUT2D eigenvalue weighted by Gasteiger charge is -2.15. The molecule has 12 aromatic carbocycles. The summed E-state index contributed by atoms with van der Waals surface area (Å²) in [6.45, 7) is 0. The van der Waals surface area contributed by atoms with Crippen molar-refractivity contribution in [2.24, 2.45) is 0 Å². The summed E-state index contributed by atoms with van der Waals surface area (Å²) in [6, 6.07) is 91.7. The van der Waals surface area contributed by atoms with Crippen LogP contribution >= 0.6 is 0 Å². The molecule has 3 heterocycles. The first-order valence-electron chi connectivity index (χ1n) is 24.7. The van der Waals surface area contributed by atoms with E-state index < -0.39 is 0 Å². The van der Waals surface area contributed by atoms with Crippen LogP contribution in [0.1, 0.15) is 5.56 Å². The van der Waals surface area contributed by atoms with Crippen molar-refractivity contribution >= 4 is 87.0 Å². The lowest BCUT2D eigenvalue weighted by molar-refractivity contribution is 1.11. The minimum atomic E-state index is 0.611. The Bertz CT molecular complexity index is 4780. The minimum absolute atomic E-state index is 0.611. The predicted octanol–water partition coefficient (Wildman–Crippen LogP) is 17.6. The number of benzene rings is 12. The third-order valence-electron chi connectivity index (χ3n) is 15.0. The van der Waals surface area contributed by atoms with Crippen LogP contribution in [0.2, 0.25) is 0 Å². The first kappa shape index (κ1) is 40.8. The van der Waals surface area contributed by atoms with Crippen LogP contribution in [0.4, 0.5) is 0 Å². The van der Waals surface area contributed by atoms with Crippen LogP contribution in [-0.4, -0.2) is 18.7 Å². The quantitative estimate of drug-likeness (QED) is 0.156. The normalized spacial score (nSPS) is 11.8. The monoisotopic (exact) mass is 927 g/mol. The van der Waals surface area contributed by atoms with Crippen molar-refractivity contribution in [3.05, 3.63) is 254 Å². The predicted molar refractivity (Wildman–Crippen MR) is 303 cm³/mol. The summed E-state index contributed by atoms with van der Waals surface area (Å²) in [5.41, 5.74) is 16.1. The van der Waals surface area contributed by atoms with Crippen LogP contribution in [0, 0.1) is 11.3 Å². The lowest BCUT2D eigenvalue weighted by atomic mass is 9.92. The molecule has 0 N–H and O–H groups in total. The highest BCUT2D eigenvalue weighted by Crippen LogP contribution is 2.44. The van der Waals surface area contributed by atoms with Gasteiger partial charge in [0.1, 0.15) is 5.82 Å². The van der Waals surface area contributed by atoms with Gasteiger partial charge in [-0.05, 0) is 147 Å². The molecule has 3 aromatic heterocycles. The van der Waals surface area contributed by atoms with Crippen LogP contribution in [0.3, 0.4) is 0 Å². The largest absolute Gasteiger partial charge is 0.309 e. The minimum Gasteiger partial charge on any atom is -0.309 e. The molecule has 0 aliphatic carbocycles. The zero-order valence-electron chi connectivity index (χ0n) is 39.4. The Morgan fingerprint density at radius 3 is 1.34 bits per heavy atom. The maximum absolute atomic E-state index is 9.89. The Morgan fingerprint density at radius 2 is 0.753 bits per heavy atom. The van der Waals surface area contributed by atoms with E-state index >= 15 is 0 Å². The van der Waals surface area contributed by atoms with E-state index in [1.165, 1.54) is 49.0 Å². The van der Waals surface area contributed by atoms with Gasteiger partial charge >= 0.3 is 0 Å². The van der Waals surface area contributed by atoms with Crippen molar-refractivity contribution in [3.8, 4) is 56.8 Å². The van der Waals surface area contributed by atoms with Crippen LogP contribution in [0.15, 0.2) is 249 Å². The number of hydrogen-bond acceptors (Lipinski definition) is 2. The van der Waals surface area contributed by atoms with Gasteiger partial charge in [0.15, 0.2) is 0 Å². The second-order valence-corrected chi connectivity index (χ2v) is 19.0. The molecule has 15 aromatic rings. The standard InChI is InChI=1S/C68H41N5/c69-42-43-23-31-53(32-24-43)73-67-57-34-28-47(49-30-36-65-61(41-49)55-20-10-12-22-63(55)72(65)52-17-5-2-6-18-52)39-59(57)58-38-46(27-33-56(58)66(67)70-68(73)50-26-25-44-13-7-8-14-45(44)37-50)48-29-35-64-60(40-48)54-19-9-11-21-62(54)71(64)51-15-3-1-4-16-51/h1-41H. The number of nitriles is 1. The van der Waals surface area contributed by atoms with E-state index in [9.17, 15) is 5.26 Å². The second kappa shape index (κ2) is 16.0. The topological polar surface area (TPSA) is 51.5 Å². The van der Waals surface area contributed by atoms with Crippen molar-refractivity contribution < 1.29 is 0 Å². The van der Waals surface area contributed by atoms with Gasteiger partial charge in [-0.1, -0.05) is 146 Å². The molecule has 5 heteroatoms. The first-order valence-corrected chi connectivity index (χ1v) is 24.7. The van der Waals surface area contributed by atoms with Gasteiger partial charge < -0.3 is 9.13 Å². The molecule has 0 bridgehead atoms. The van der Waals surface area contributed by atoms with E-state index in [0.29, 0.717) is 5.56 Å². The van der Waals surface area contributed by atoms with Crippen molar-refractivity contribution in [2.75, 3.05) is 0 Å². The fraction of sp³-hybridized carbons (Fsp3) is 0. The van der Waals surface area contributed by atoms with Crippen molar-refractivity contribution in [1.29, 1.82) is 5.26 Å². The number of rotatable bonds is 6. The van der Waals surface area contributed by atoms with E-state index in [0.717, 1.165) is 88.7 Å². The highest BCUT2D eigenvalue weighted by molar-refractivity contribution is 6.25. The summed E-state index contributed by atoms with van der Waals surface area (Å²) in [5, 5.41) is 21.5. The smallest absolute Gasteiger partial charge is 0.145 e. The average Bonchev–Trinajstić information content (AvgIpc) is 4.14. The van der Waals surface area contributed by atoms with Gasteiger partial charge in [0, 0.05) is 54.9 Å². The number of para-hydroxylation sites is 4. The average molecular weight is 928 g/mol. The van der Waals surface area contributed by atoms with Crippen molar-refractivity contribution in [3.63, 3.8) is 0 Å². The van der Waals surface area contributed by atoms with Gasteiger partial charge in [-0.15, -0.1) is 0 Å². The molecule has 0 spiro atoms. The zero-order valence-corrected chi connectivity index (χ0v) is 39.4. The molecule has 0 aliphatic heterocycles. The maximum Gasteiger partial charge on any atom is 0.145 e. The highest BCUT2D eigenvalue weighted by Gasteiger charge is 2.23. The summed E-state index contributed by atoms with van der Waals surface area (Å²) in [6.07, 6.45) is 0. The molecule has 0 fully saturated rings. The van der Waals surface area contributed by atoms with E-state index in [1.807, 2.05) is 24.3 Å². The van der Waals surface area contributed by atoms with E-state index in [2.05, 4.69) is 244 Å². The Labute approximate surface area is 419 Å². The van der Waals surface area contributed by atoms with Gasteiger partial charge in [-0.2, -0.15) is 5.26 Å². The summed E-state index contributed by atoms with van der Waals surface area (Å²) < 4.78 is 7.04. The fourth-order valence-corrected chi connectivity index (χ4v) is 11.6. The molecule has 0 saturated carbocycles.